The average Bonchev–Trinajstić information content (AvgIpc) is 2.56. The minimum atomic E-state index is 0. The van der Waals surface area contributed by atoms with Crippen molar-refractivity contribution in [3.05, 3.63) is 0 Å². The lowest BCUT2D eigenvalue weighted by atomic mass is 9.98. The molecule has 0 saturated carbocycles. The third-order valence-corrected chi connectivity index (χ3v) is 4.97. The van der Waals surface area contributed by atoms with Gasteiger partial charge >= 0.3 is 0 Å². The summed E-state index contributed by atoms with van der Waals surface area (Å²) >= 11 is 0. The van der Waals surface area contributed by atoms with E-state index in [2.05, 4.69) is 37.4 Å². The van der Waals surface area contributed by atoms with Crippen LogP contribution in [0.5, 0.6) is 0 Å². The molecule has 2 heterocycles. The zero-order valence-electron chi connectivity index (χ0n) is 16.8. The molecule has 0 aromatic carbocycles. The van der Waals surface area contributed by atoms with Crippen LogP contribution in [0.4, 0.5) is 0 Å². The quantitative estimate of drug-likeness (QED) is 0.344. The standard InChI is InChI=1S/C18H36N6O.HI/c1-15(2)21-17(25)14-23-8-10-24(11-9-23)18(19-3)20-12-16-6-5-7-22(4)13-16;/h15-16H,5-14H2,1-4H3,(H,19,20)(H,21,25);1H. The van der Waals surface area contributed by atoms with Crippen LogP contribution in [-0.4, -0.2) is 99.1 Å². The van der Waals surface area contributed by atoms with E-state index in [0.29, 0.717) is 12.5 Å². The zero-order chi connectivity index (χ0) is 18.2. The van der Waals surface area contributed by atoms with E-state index in [0.717, 1.165) is 38.7 Å². The normalized spacial score (nSPS) is 22.9. The Hall–Kier alpha value is -0.610. The van der Waals surface area contributed by atoms with Crippen LogP contribution in [0, 0.1) is 5.92 Å². The van der Waals surface area contributed by atoms with Crippen molar-refractivity contribution in [2.45, 2.75) is 32.7 Å². The molecule has 2 saturated heterocycles. The highest BCUT2D eigenvalue weighted by Crippen LogP contribution is 2.14. The first-order chi connectivity index (χ1) is 12.0. The van der Waals surface area contributed by atoms with Gasteiger partial charge in [0.2, 0.25) is 5.91 Å². The molecule has 7 nitrogen and oxygen atoms in total. The Labute approximate surface area is 176 Å². The van der Waals surface area contributed by atoms with E-state index in [1.165, 1.54) is 25.9 Å². The van der Waals surface area contributed by atoms with E-state index in [4.69, 9.17) is 0 Å². The molecule has 2 aliphatic rings. The van der Waals surface area contributed by atoms with Crippen molar-refractivity contribution >= 4 is 35.8 Å². The molecule has 26 heavy (non-hydrogen) atoms. The molecule has 2 rings (SSSR count). The van der Waals surface area contributed by atoms with Crippen LogP contribution in [0.15, 0.2) is 4.99 Å². The molecular weight excluding hydrogens is 443 g/mol. The number of aliphatic imine (C=N–C) groups is 1. The first kappa shape index (κ1) is 23.4. The van der Waals surface area contributed by atoms with E-state index < -0.39 is 0 Å². The first-order valence-corrected chi connectivity index (χ1v) is 9.63. The minimum absolute atomic E-state index is 0. The lowest BCUT2D eigenvalue weighted by molar-refractivity contribution is -0.123. The molecule has 0 bridgehead atoms. The van der Waals surface area contributed by atoms with E-state index >= 15 is 0 Å². The fraction of sp³-hybridized carbons (Fsp3) is 0.889. The van der Waals surface area contributed by atoms with Crippen LogP contribution in [0.3, 0.4) is 0 Å². The van der Waals surface area contributed by atoms with Gasteiger partial charge in [0.05, 0.1) is 6.54 Å². The Bertz CT molecular complexity index is 451. The molecule has 0 aromatic rings. The first-order valence-electron chi connectivity index (χ1n) is 9.63. The number of likely N-dealkylation sites (tertiary alicyclic amines) is 1. The Morgan fingerprint density at radius 3 is 2.46 bits per heavy atom. The number of hydrogen-bond acceptors (Lipinski definition) is 4. The zero-order valence-corrected chi connectivity index (χ0v) is 19.2. The SMILES string of the molecule is CN=C(NCC1CCCN(C)C1)N1CCN(CC(=O)NC(C)C)CC1.I. The number of nitrogens with one attached hydrogen (secondary N) is 2. The summed E-state index contributed by atoms with van der Waals surface area (Å²) in [4.78, 5) is 23.3. The number of halogens is 1. The predicted molar refractivity (Wildman–Crippen MR) is 118 cm³/mol. The number of carbonyl (C=O) groups is 1. The van der Waals surface area contributed by atoms with Gasteiger partial charge in [-0.05, 0) is 46.2 Å². The van der Waals surface area contributed by atoms with Crippen LogP contribution in [0.1, 0.15) is 26.7 Å². The number of carbonyl (C=O) groups excluding carboxylic acids is 1. The molecule has 1 unspecified atom stereocenters. The lowest BCUT2D eigenvalue weighted by Gasteiger charge is -2.37. The van der Waals surface area contributed by atoms with Gasteiger partial charge < -0.3 is 20.4 Å². The van der Waals surface area contributed by atoms with Crippen molar-refractivity contribution < 1.29 is 4.79 Å². The molecule has 2 aliphatic heterocycles. The summed E-state index contributed by atoms with van der Waals surface area (Å²) in [7, 11) is 4.06. The van der Waals surface area contributed by atoms with Gasteiger partial charge in [0.15, 0.2) is 5.96 Å². The lowest BCUT2D eigenvalue weighted by Crippen LogP contribution is -2.55. The predicted octanol–water partition coefficient (Wildman–Crippen LogP) is 0.664. The van der Waals surface area contributed by atoms with Crippen LogP contribution >= 0.6 is 24.0 Å². The van der Waals surface area contributed by atoms with Gasteiger partial charge in [-0.2, -0.15) is 0 Å². The fourth-order valence-electron chi connectivity index (χ4n) is 3.70. The van der Waals surface area contributed by atoms with Crippen molar-refractivity contribution in [2.24, 2.45) is 10.9 Å². The summed E-state index contributed by atoms with van der Waals surface area (Å²) in [5, 5.41) is 6.52. The second-order valence-electron chi connectivity index (χ2n) is 7.68. The van der Waals surface area contributed by atoms with Gasteiger partial charge in [0.25, 0.3) is 0 Å². The maximum absolute atomic E-state index is 11.9. The van der Waals surface area contributed by atoms with E-state index in [9.17, 15) is 4.79 Å². The molecule has 0 aliphatic carbocycles. The van der Waals surface area contributed by atoms with Gasteiger partial charge in [-0.25, -0.2) is 0 Å². The number of piperidine rings is 1. The largest absolute Gasteiger partial charge is 0.356 e. The van der Waals surface area contributed by atoms with E-state index in [1.807, 2.05) is 20.9 Å². The molecule has 0 spiro atoms. The molecule has 2 N–H and O–H groups in total. The van der Waals surface area contributed by atoms with Gasteiger partial charge in [-0.15, -0.1) is 24.0 Å². The van der Waals surface area contributed by atoms with E-state index in [1.54, 1.807) is 0 Å². The summed E-state index contributed by atoms with van der Waals surface area (Å²) in [6.07, 6.45) is 2.59. The van der Waals surface area contributed by atoms with Crippen LogP contribution in [0.2, 0.25) is 0 Å². The highest BCUT2D eigenvalue weighted by atomic mass is 127. The highest BCUT2D eigenvalue weighted by molar-refractivity contribution is 14.0. The molecule has 1 atom stereocenters. The number of guanidine groups is 1. The molecule has 1 amide bonds. The van der Waals surface area contributed by atoms with Crippen molar-refractivity contribution in [3.8, 4) is 0 Å². The number of hydrogen-bond donors (Lipinski definition) is 2. The van der Waals surface area contributed by atoms with Crippen molar-refractivity contribution in [3.63, 3.8) is 0 Å². The van der Waals surface area contributed by atoms with Crippen molar-refractivity contribution in [2.75, 3.05) is 66.5 Å². The summed E-state index contributed by atoms with van der Waals surface area (Å²) in [5.41, 5.74) is 0. The molecule has 0 radical (unpaired) electrons. The molecule has 152 valence electrons. The molecule has 2 fully saturated rings. The fourth-order valence-corrected chi connectivity index (χ4v) is 3.70. The molecule has 0 aromatic heterocycles. The van der Waals surface area contributed by atoms with Gasteiger partial charge in [0, 0.05) is 52.4 Å². The Morgan fingerprint density at radius 1 is 1.19 bits per heavy atom. The Balaban J connectivity index is 0.00000338. The highest BCUT2D eigenvalue weighted by Gasteiger charge is 2.23. The summed E-state index contributed by atoms with van der Waals surface area (Å²) in [5.74, 6) is 1.82. The van der Waals surface area contributed by atoms with Gasteiger partial charge in [0.1, 0.15) is 0 Å². The Kier molecular flexibility index (Phi) is 10.8. The topological polar surface area (TPSA) is 63.2 Å². The second-order valence-corrected chi connectivity index (χ2v) is 7.68. The average molecular weight is 480 g/mol. The van der Waals surface area contributed by atoms with Crippen LogP contribution in [0.25, 0.3) is 0 Å². The van der Waals surface area contributed by atoms with Crippen molar-refractivity contribution in [1.29, 1.82) is 0 Å². The maximum atomic E-state index is 11.9. The number of nitrogens with zero attached hydrogens (tertiary/aromatic N) is 4. The third kappa shape index (κ3) is 7.96. The van der Waals surface area contributed by atoms with Crippen molar-refractivity contribution in [1.82, 2.24) is 25.3 Å². The monoisotopic (exact) mass is 480 g/mol. The Morgan fingerprint density at radius 2 is 1.88 bits per heavy atom. The smallest absolute Gasteiger partial charge is 0.234 e. The number of piperazine rings is 1. The van der Waals surface area contributed by atoms with Crippen LogP contribution in [-0.2, 0) is 4.79 Å². The number of rotatable bonds is 5. The maximum Gasteiger partial charge on any atom is 0.234 e. The van der Waals surface area contributed by atoms with Gasteiger partial charge in [-0.3, -0.25) is 14.7 Å². The van der Waals surface area contributed by atoms with Gasteiger partial charge in [-0.1, -0.05) is 0 Å². The second kappa shape index (κ2) is 12.0. The number of amides is 1. The summed E-state index contributed by atoms with van der Waals surface area (Å²) in [6.45, 7) is 11.5. The molecule has 8 heteroatoms. The van der Waals surface area contributed by atoms with E-state index in [-0.39, 0.29) is 35.9 Å². The summed E-state index contributed by atoms with van der Waals surface area (Å²) in [6, 6.07) is 0.204. The molecular formula is C18H37IN6O. The minimum Gasteiger partial charge on any atom is -0.356 e. The summed E-state index contributed by atoms with van der Waals surface area (Å²) < 4.78 is 0. The third-order valence-electron chi connectivity index (χ3n) is 4.97. The van der Waals surface area contributed by atoms with Crippen LogP contribution < -0.4 is 10.6 Å².